The molecule has 0 N–H and O–H groups in total. The number of likely N-dealkylation sites (tertiary alicyclic amines) is 1. The second-order valence-electron chi connectivity index (χ2n) is 8.78. The lowest BCUT2D eigenvalue weighted by Crippen LogP contribution is -2.46. The topological polar surface area (TPSA) is 49.9 Å². The van der Waals surface area contributed by atoms with Crippen molar-refractivity contribution in [1.29, 1.82) is 0 Å². The molecule has 2 aliphatic rings. The number of ether oxygens (including phenoxy) is 1. The molecular formula is C26H31FN2O3. The lowest BCUT2D eigenvalue weighted by atomic mass is 9.90. The molecular weight excluding hydrogens is 407 g/mol. The third kappa shape index (κ3) is 5.18. The summed E-state index contributed by atoms with van der Waals surface area (Å²) in [5.41, 5.74) is 1.64. The van der Waals surface area contributed by atoms with Crippen molar-refractivity contribution >= 4 is 17.5 Å². The first kappa shape index (κ1) is 22.5. The fraction of sp³-hybridized carbons (Fsp3) is 0.462. The van der Waals surface area contributed by atoms with Gasteiger partial charge in [0.25, 0.3) is 5.91 Å². The van der Waals surface area contributed by atoms with Crippen molar-refractivity contribution in [2.75, 3.05) is 24.6 Å². The van der Waals surface area contributed by atoms with Gasteiger partial charge in [-0.2, -0.15) is 0 Å². The van der Waals surface area contributed by atoms with Crippen LogP contribution in [0.1, 0.15) is 44.6 Å². The molecule has 2 aliphatic heterocycles. The van der Waals surface area contributed by atoms with Gasteiger partial charge in [0.05, 0.1) is 24.8 Å². The predicted octanol–water partition coefficient (Wildman–Crippen LogP) is 4.59. The number of rotatable bonds is 8. The molecule has 0 saturated carbocycles. The van der Waals surface area contributed by atoms with Gasteiger partial charge in [-0.1, -0.05) is 19.1 Å². The first-order valence-corrected chi connectivity index (χ1v) is 11.6. The third-order valence-corrected chi connectivity index (χ3v) is 6.51. The van der Waals surface area contributed by atoms with Crippen LogP contribution in [-0.2, 0) is 16.0 Å². The van der Waals surface area contributed by atoms with E-state index in [2.05, 4.69) is 4.90 Å². The molecule has 0 unspecified atom stereocenters. The van der Waals surface area contributed by atoms with Crippen molar-refractivity contribution in [3.8, 4) is 5.75 Å². The van der Waals surface area contributed by atoms with E-state index in [-0.39, 0.29) is 30.1 Å². The van der Waals surface area contributed by atoms with E-state index in [4.69, 9.17) is 4.74 Å². The summed E-state index contributed by atoms with van der Waals surface area (Å²) in [6.07, 6.45) is 5.05. The molecule has 0 aliphatic carbocycles. The Labute approximate surface area is 189 Å². The number of hydrogen-bond donors (Lipinski definition) is 0. The van der Waals surface area contributed by atoms with Crippen LogP contribution in [0, 0.1) is 11.7 Å². The van der Waals surface area contributed by atoms with Crippen molar-refractivity contribution in [2.45, 2.75) is 51.5 Å². The van der Waals surface area contributed by atoms with E-state index in [1.807, 2.05) is 25.1 Å². The van der Waals surface area contributed by atoms with E-state index in [0.717, 1.165) is 56.5 Å². The first-order chi connectivity index (χ1) is 15.5. The number of halogens is 1. The fourth-order valence-electron chi connectivity index (χ4n) is 4.70. The van der Waals surface area contributed by atoms with Crippen molar-refractivity contribution in [2.24, 2.45) is 5.92 Å². The van der Waals surface area contributed by atoms with Gasteiger partial charge in [0.2, 0.25) is 5.91 Å². The second-order valence-corrected chi connectivity index (χ2v) is 8.78. The Bertz CT molecular complexity index is 938. The second kappa shape index (κ2) is 10.3. The van der Waals surface area contributed by atoms with Gasteiger partial charge in [-0.25, -0.2) is 9.29 Å². The van der Waals surface area contributed by atoms with Crippen molar-refractivity contribution in [3.63, 3.8) is 0 Å². The Morgan fingerprint density at radius 1 is 1.06 bits per heavy atom. The van der Waals surface area contributed by atoms with Crippen molar-refractivity contribution in [1.82, 2.24) is 4.90 Å². The van der Waals surface area contributed by atoms with E-state index in [9.17, 15) is 14.0 Å². The number of anilines is 1. The number of piperidine rings is 1. The van der Waals surface area contributed by atoms with Crippen molar-refractivity contribution < 1.29 is 18.7 Å². The lowest BCUT2D eigenvalue weighted by molar-refractivity contribution is -0.123. The summed E-state index contributed by atoms with van der Waals surface area (Å²) in [4.78, 5) is 29.2. The Balaban J connectivity index is 1.30. The van der Waals surface area contributed by atoms with Gasteiger partial charge >= 0.3 is 0 Å². The zero-order valence-electron chi connectivity index (χ0n) is 18.6. The number of benzene rings is 2. The minimum Gasteiger partial charge on any atom is -0.494 e. The van der Waals surface area contributed by atoms with E-state index >= 15 is 0 Å². The highest BCUT2D eigenvalue weighted by Gasteiger charge is 2.43. The largest absolute Gasteiger partial charge is 0.494 e. The monoisotopic (exact) mass is 438 g/mol. The Morgan fingerprint density at radius 2 is 1.81 bits per heavy atom. The Morgan fingerprint density at radius 3 is 2.50 bits per heavy atom. The normalized spacial score (nSPS) is 20.2. The highest BCUT2D eigenvalue weighted by Crippen LogP contribution is 2.30. The lowest BCUT2D eigenvalue weighted by Gasteiger charge is -2.34. The quantitative estimate of drug-likeness (QED) is 0.566. The van der Waals surface area contributed by atoms with Crippen LogP contribution < -0.4 is 9.64 Å². The maximum atomic E-state index is 13.4. The van der Waals surface area contributed by atoms with Gasteiger partial charge < -0.3 is 4.74 Å². The van der Waals surface area contributed by atoms with E-state index in [1.54, 1.807) is 24.3 Å². The molecule has 0 bridgehead atoms. The number of imide groups is 1. The maximum absolute atomic E-state index is 13.4. The molecule has 6 heteroatoms. The maximum Gasteiger partial charge on any atom is 0.251 e. The highest BCUT2D eigenvalue weighted by atomic mass is 19.1. The molecule has 2 aromatic rings. The van der Waals surface area contributed by atoms with Gasteiger partial charge in [0.1, 0.15) is 11.6 Å². The van der Waals surface area contributed by atoms with Gasteiger partial charge in [-0.15, -0.1) is 0 Å². The average Bonchev–Trinajstić information content (AvgIpc) is 3.11. The summed E-state index contributed by atoms with van der Waals surface area (Å²) in [6.45, 7) is 4.31. The Hall–Kier alpha value is -2.73. The summed E-state index contributed by atoms with van der Waals surface area (Å²) in [5.74, 6) is 0.848. The number of carbonyl (C=O) groups excluding carboxylic acids is 2. The smallest absolute Gasteiger partial charge is 0.251 e. The molecule has 2 amide bonds. The van der Waals surface area contributed by atoms with Gasteiger partial charge in [-0.3, -0.25) is 14.5 Å². The van der Waals surface area contributed by atoms with Crippen LogP contribution in [0.25, 0.3) is 0 Å². The SMILES string of the molecule is CCCOc1ccc(N2C(=O)C[C@H](N3CCC(CCc4cccc(F)c4)CC3)C2=O)cc1. The van der Waals surface area contributed by atoms with Crippen LogP contribution in [0.2, 0.25) is 0 Å². The molecule has 2 fully saturated rings. The zero-order chi connectivity index (χ0) is 22.5. The first-order valence-electron chi connectivity index (χ1n) is 11.6. The van der Waals surface area contributed by atoms with Gasteiger partial charge in [0.15, 0.2) is 0 Å². The molecule has 0 radical (unpaired) electrons. The van der Waals surface area contributed by atoms with E-state index < -0.39 is 0 Å². The Kier molecular flexibility index (Phi) is 7.20. The standard InChI is InChI=1S/C26H31FN2O3/c1-2-16-32-23-10-8-22(9-11-23)29-25(30)18-24(26(29)31)28-14-12-19(13-15-28)6-7-20-4-3-5-21(27)17-20/h3-5,8-11,17,19,24H,2,6-7,12-16,18H2,1H3/t24-/m0/s1. The summed E-state index contributed by atoms with van der Waals surface area (Å²) in [6, 6.07) is 13.6. The van der Waals surface area contributed by atoms with Crippen LogP contribution in [0.15, 0.2) is 48.5 Å². The number of amides is 2. The van der Waals surface area contributed by atoms with Crippen LogP contribution in [0.3, 0.4) is 0 Å². The third-order valence-electron chi connectivity index (χ3n) is 6.51. The van der Waals surface area contributed by atoms with Crippen LogP contribution in [0.4, 0.5) is 10.1 Å². The minimum atomic E-state index is -0.373. The zero-order valence-corrected chi connectivity index (χ0v) is 18.6. The van der Waals surface area contributed by atoms with Gasteiger partial charge in [0, 0.05) is 0 Å². The summed E-state index contributed by atoms with van der Waals surface area (Å²) in [5, 5.41) is 0. The highest BCUT2D eigenvalue weighted by molar-refractivity contribution is 6.22. The molecule has 4 rings (SSSR count). The molecule has 170 valence electrons. The molecule has 2 saturated heterocycles. The minimum absolute atomic E-state index is 0.129. The summed E-state index contributed by atoms with van der Waals surface area (Å²) < 4.78 is 19.0. The van der Waals surface area contributed by atoms with Crippen molar-refractivity contribution in [3.05, 3.63) is 59.9 Å². The number of hydrogen-bond acceptors (Lipinski definition) is 4. The number of nitrogens with zero attached hydrogens (tertiary/aromatic N) is 2. The summed E-state index contributed by atoms with van der Waals surface area (Å²) >= 11 is 0. The predicted molar refractivity (Wildman–Crippen MR) is 122 cm³/mol. The van der Waals surface area contributed by atoms with E-state index in [0.29, 0.717) is 18.2 Å². The molecule has 2 heterocycles. The van der Waals surface area contributed by atoms with Crippen LogP contribution in [-0.4, -0.2) is 42.5 Å². The fourth-order valence-corrected chi connectivity index (χ4v) is 4.70. The van der Waals surface area contributed by atoms with Crippen LogP contribution >= 0.6 is 0 Å². The van der Waals surface area contributed by atoms with E-state index in [1.165, 1.54) is 11.0 Å². The molecule has 2 aromatic carbocycles. The molecule has 32 heavy (non-hydrogen) atoms. The molecule has 0 aromatic heterocycles. The summed E-state index contributed by atoms with van der Waals surface area (Å²) in [7, 11) is 0. The van der Waals surface area contributed by atoms with Crippen LogP contribution in [0.5, 0.6) is 5.75 Å². The number of aryl methyl sites for hydroxylation is 1. The number of carbonyl (C=O) groups is 2. The molecule has 5 nitrogen and oxygen atoms in total. The average molecular weight is 439 g/mol. The molecule has 1 atom stereocenters. The van der Waals surface area contributed by atoms with Gasteiger partial charge in [-0.05, 0) is 93.1 Å². The molecule has 0 spiro atoms.